The van der Waals surface area contributed by atoms with Crippen LogP contribution < -0.4 is 21.5 Å². The highest BCUT2D eigenvalue weighted by atomic mass is 16.5. The molecule has 0 aliphatic rings. The van der Waals surface area contributed by atoms with Crippen LogP contribution in [0.1, 0.15) is 32.4 Å². The molecule has 3 aromatic carbocycles. The summed E-state index contributed by atoms with van der Waals surface area (Å²) in [5.74, 6) is 0.796. The third kappa shape index (κ3) is 6.62. The molecule has 0 spiro atoms. The van der Waals surface area contributed by atoms with Gasteiger partial charge in [0.05, 0.1) is 18.0 Å². The second-order valence-electron chi connectivity index (χ2n) is 6.65. The maximum atomic E-state index is 6.16. The molecule has 30 heavy (non-hydrogen) atoms. The first-order chi connectivity index (χ1) is 14.6. The van der Waals surface area contributed by atoms with Crippen molar-refractivity contribution in [3.05, 3.63) is 66.2 Å². The van der Waals surface area contributed by atoms with Crippen LogP contribution in [0.15, 0.2) is 70.9 Å². The second-order valence-corrected chi connectivity index (χ2v) is 6.65. The molecule has 3 aromatic rings. The Balaban J connectivity index is 0.000000575. The summed E-state index contributed by atoms with van der Waals surface area (Å²) >= 11 is 0. The van der Waals surface area contributed by atoms with Crippen LogP contribution in [0.2, 0.25) is 0 Å². The van der Waals surface area contributed by atoms with Crippen LogP contribution >= 0.6 is 0 Å². The number of rotatable bonds is 8. The first kappa shape index (κ1) is 23.5. The molecule has 6 nitrogen and oxygen atoms in total. The second kappa shape index (κ2) is 12.7. The summed E-state index contributed by atoms with van der Waals surface area (Å²) in [6.45, 7) is 9.34. The lowest BCUT2D eigenvalue weighted by Gasteiger charge is -2.15. The predicted octanol–water partition coefficient (Wildman–Crippen LogP) is 5.23. The quantitative estimate of drug-likeness (QED) is 0.445. The highest BCUT2D eigenvalue weighted by Gasteiger charge is 2.12. The van der Waals surface area contributed by atoms with Gasteiger partial charge in [0.2, 0.25) is 0 Å². The summed E-state index contributed by atoms with van der Waals surface area (Å²) in [7, 11) is 0. The first-order valence-electron chi connectivity index (χ1n) is 10.5. The average molecular weight is 408 g/mol. The van der Waals surface area contributed by atoms with E-state index in [1.165, 1.54) is 0 Å². The summed E-state index contributed by atoms with van der Waals surface area (Å²) in [4.78, 5) is 0. The average Bonchev–Trinajstić information content (AvgIpc) is 2.79. The van der Waals surface area contributed by atoms with Gasteiger partial charge in [-0.1, -0.05) is 44.2 Å². The Hall–Kier alpha value is -2.80. The van der Waals surface area contributed by atoms with Gasteiger partial charge in [-0.3, -0.25) is 0 Å². The summed E-state index contributed by atoms with van der Waals surface area (Å²) in [6.07, 6.45) is 0. The maximum absolute atomic E-state index is 6.16. The zero-order valence-corrected chi connectivity index (χ0v) is 18.1. The lowest BCUT2D eigenvalue weighted by Crippen LogP contribution is -2.20. The molecule has 0 aliphatic heterocycles. The van der Waals surface area contributed by atoms with Gasteiger partial charge in [0.1, 0.15) is 5.75 Å². The SMILES string of the molecule is CCNCC.CCOc1ccc2c(C(N)CN)ccc(N=Nc3ccccc3)c2c1. The third-order valence-corrected chi connectivity index (χ3v) is 4.49. The van der Waals surface area contributed by atoms with Gasteiger partial charge in [-0.2, -0.15) is 5.11 Å². The minimum atomic E-state index is -0.222. The van der Waals surface area contributed by atoms with E-state index in [4.69, 9.17) is 16.2 Å². The molecule has 0 heterocycles. The minimum absolute atomic E-state index is 0.222. The number of azo groups is 1. The van der Waals surface area contributed by atoms with Gasteiger partial charge >= 0.3 is 0 Å². The number of nitrogens with zero attached hydrogens (tertiary/aromatic N) is 2. The number of hydrogen-bond acceptors (Lipinski definition) is 6. The normalized spacial score (nSPS) is 11.9. The Labute approximate surface area is 179 Å². The van der Waals surface area contributed by atoms with Crippen LogP contribution in [0, 0.1) is 0 Å². The molecule has 5 N–H and O–H groups in total. The van der Waals surface area contributed by atoms with Crippen molar-refractivity contribution in [1.82, 2.24) is 5.32 Å². The van der Waals surface area contributed by atoms with Crippen molar-refractivity contribution in [3.63, 3.8) is 0 Å². The molecule has 0 saturated heterocycles. The molecule has 0 aliphatic carbocycles. The van der Waals surface area contributed by atoms with E-state index in [9.17, 15) is 0 Å². The van der Waals surface area contributed by atoms with Crippen molar-refractivity contribution in [2.45, 2.75) is 26.8 Å². The smallest absolute Gasteiger partial charge is 0.119 e. The van der Waals surface area contributed by atoms with Crippen molar-refractivity contribution in [2.75, 3.05) is 26.2 Å². The fourth-order valence-corrected chi connectivity index (χ4v) is 2.99. The highest BCUT2D eigenvalue weighted by Crippen LogP contribution is 2.34. The maximum Gasteiger partial charge on any atom is 0.119 e. The fraction of sp³-hybridized carbons (Fsp3) is 0.333. The van der Waals surface area contributed by atoms with E-state index in [0.717, 1.165) is 46.5 Å². The van der Waals surface area contributed by atoms with Crippen LogP contribution in [0.25, 0.3) is 10.8 Å². The Morgan fingerprint density at radius 3 is 2.23 bits per heavy atom. The molecule has 3 rings (SSSR count). The summed E-state index contributed by atoms with van der Waals surface area (Å²) in [6, 6.07) is 19.2. The molecule has 0 radical (unpaired) electrons. The fourth-order valence-electron chi connectivity index (χ4n) is 2.99. The van der Waals surface area contributed by atoms with Crippen molar-refractivity contribution in [3.8, 4) is 5.75 Å². The first-order valence-corrected chi connectivity index (χ1v) is 10.5. The molecule has 1 unspecified atom stereocenters. The van der Waals surface area contributed by atoms with Crippen LogP contribution in [0.4, 0.5) is 11.4 Å². The molecular formula is C24H33N5O. The van der Waals surface area contributed by atoms with Crippen LogP contribution in [-0.2, 0) is 0 Å². The van der Waals surface area contributed by atoms with Crippen molar-refractivity contribution in [2.24, 2.45) is 21.7 Å². The van der Waals surface area contributed by atoms with Gasteiger partial charge in [0, 0.05) is 18.0 Å². The van der Waals surface area contributed by atoms with Gasteiger partial charge < -0.3 is 21.5 Å². The number of ether oxygens (including phenoxy) is 1. The summed E-state index contributed by atoms with van der Waals surface area (Å²) in [5.41, 5.74) is 14.5. The highest BCUT2D eigenvalue weighted by molar-refractivity contribution is 5.96. The van der Waals surface area contributed by atoms with E-state index in [1.807, 2.05) is 67.6 Å². The van der Waals surface area contributed by atoms with E-state index in [2.05, 4.69) is 29.4 Å². The van der Waals surface area contributed by atoms with Crippen molar-refractivity contribution >= 4 is 22.1 Å². The zero-order valence-electron chi connectivity index (χ0n) is 18.1. The lowest BCUT2D eigenvalue weighted by molar-refractivity contribution is 0.341. The molecule has 0 bridgehead atoms. The van der Waals surface area contributed by atoms with E-state index in [1.54, 1.807) is 0 Å². The zero-order chi connectivity index (χ0) is 21.8. The third-order valence-electron chi connectivity index (χ3n) is 4.49. The van der Waals surface area contributed by atoms with Gasteiger partial charge in [-0.25, -0.2) is 0 Å². The Morgan fingerprint density at radius 2 is 1.63 bits per heavy atom. The van der Waals surface area contributed by atoms with Gasteiger partial charge in [0.15, 0.2) is 0 Å². The van der Waals surface area contributed by atoms with E-state index in [0.29, 0.717) is 13.2 Å². The number of fused-ring (bicyclic) bond motifs is 1. The molecule has 0 saturated carbocycles. The molecule has 0 fully saturated rings. The molecular weight excluding hydrogens is 374 g/mol. The number of nitrogens with one attached hydrogen (secondary N) is 1. The van der Waals surface area contributed by atoms with Crippen molar-refractivity contribution < 1.29 is 4.74 Å². The molecule has 0 aromatic heterocycles. The molecule has 160 valence electrons. The van der Waals surface area contributed by atoms with Gasteiger partial charge in [-0.05, 0) is 61.3 Å². The van der Waals surface area contributed by atoms with Crippen LogP contribution in [-0.4, -0.2) is 26.2 Å². The molecule has 0 amide bonds. The number of benzene rings is 3. The predicted molar refractivity (Wildman–Crippen MR) is 126 cm³/mol. The summed E-state index contributed by atoms with van der Waals surface area (Å²) < 4.78 is 5.63. The van der Waals surface area contributed by atoms with E-state index >= 15 is 0 Å². The Morgan fingerprint density at radius 1 is 0.900 bits per heavy atom. The standard InChI is InChI=1S/C20H22N4O.C4H11N/c1-2-25-15-8-9-16-17(19(22)13-21)10-11-20(18(16)12-15)24-23-14-6-4-3-5-7-14;1-3-5-4-2/h3-12,19H,2,13,21-22H2,1H3;5H,3-4H2,1-2H3. The largest absolute Gasteiger partial charge is 0.494 e. The Kier molecular flexibility index (Phi) is 9.94. The van der Waals surface area contributed by atoms with Gasteiger partial charge in [-0.15, -0.1) is 5.11 Å². The minimum Gasteiger partial charge on any atom is -0.494 e. The van der Waals surface area contributed by atoms with E-state index in [-0.39, 0.29) is 6.04 Å². The van der Waals surface area contributed by atoms with Crippen LogP contribution in [0.5, 0.6) is 5.75 Å². The number of hydrogen-bond donors (Lipinski definition) is 3. The number of nitrogens with two attached hydrogens (primary N) is 2. The molecule has 6 heteroatoms. The van der Waals surface area contributed by atoms with Crippen LogP contribution in [0.3, 0.4) is 0 Å². The molecule has 1 atom stereocenters. The monoisotopic (exact) mass is 407 g/mol. The Bertz CT molecular complexity index is 926. The lowest BCUT2D eigenvalue weighted by atomic mass is 9.98. The topological polar surface area (TPSA) is 98.0 Å². The van der Waals surface area contributed by atoms with Crippen molar-refractivity contribution in [1.29, 1.82) is 0 Å². The van der Waals surface area contributed by atoms with Gasteiger partial charge in [0.25, 0.3) is 0 Å². The summed E-state index contributed by atoms with van der Waals surface area (Å²) in [5, 5.41) is 13.8. The van der Waals surface area contributed by atoms with E-state index < -0.39 is 0 Å².